The maximum absolute atomic E-state index is 6.07. The van der Waals surface area contributed by atoms with E-state index in [2.05, 4.69) is 69.4 Å². The van der Waals surface area contributed by atoms with E-state index in [1.54, 1.807) is 11.8 Å². The Morgan fingerprint density at radius 3 is 2.66 bits per heavy atom. The highest BCUT2D eigenvalue weighted by molar-refractivity contribution is 7.98. The molecule has 1 atom stereocenters. The molecule has 0 saturated heterocycles. The van der Waals surface area contributed by atoms with E-state index in [1.165, 1.54) is 31.2 Å². The van der Waals surface area contributed by atoms with Crippen LogP contribution in [0.2, 0.25) is 0 Å². The molecule has 1 aromatic carbocycles. The Bertz CT molecular complexity index is 792. The van der Waals surface area contributed by atoms with E-state index < -0.39 is 0 Å². The molecule has 0 bridgehead atoms. The van der Waals surface area contributed by atoms with Gasteiger partial charge < -0.3 is 15.6 Å². The average Bonchev–Trinajstić information content (AvgIpc) is 3.40. The van der Waals surface area contributed by atoms with Gasteiger partial charge in [-0.3, -0.25) is 4.99 Å². The fraction of sp³-hybridized carbons (Fsp3) is 0.591. The minimum absolute atomic E-state index is 0.461. The van der Waals surface area contributed by atoms with Crippen molar-refractivity contribution in [1.82, 2.24) is 14.8 Å². The van der Waals surface area contributed by atoms with Crippen molar-refractivity contribution >= 4 is 23.4 Å². The van der Waals surface area contributed by atoms with Crippen molar-refractivity contribution in [3.05, 3.63) is 35.7 Å². The van der Waals surface area contributed by atoms with Crippen LogP contribution in [0.4, 0.5) is 5.69 Å². The van der Waals surface area contributed by atoms with Crippen molar-refractivity contribution < 1.29 is 0 Å². The predicted molar refractivity (Wildman–Crippen MR) is 123 cm³/mol. The largest absolute Gasteiger partial charge is 0.370 e. The van der Waals surface area contributed by atoms with Crippen molar-refractivity contribution in [2.24, 2.45) is 10.7 Å². The van der Waals surface area contributed by atoms with Crippen molar-refractivity contribution in [2.75, 3.05) is 18.1 Å². The molecule has 1 aliphatic carbocycles. The summed E-state index contributed by atoms with van der Waals surface area (Å²) in [4.78, 5) is 4.48. The number of nitrogens with two attached hydrogens (primary N) is 1. The first-order valence-electron chi connectivity index (χ1n) is 10.8. The number of nitrogens with one attached hydrogen (secondary N) is 1. The Kier molecular flexibility index (Phi) is 7.98. The number of guanidine groups is 1. The van der Waals surface area contributed by atoms with Crippen LogP contribution < -0.4 is 11.1 Å². The summed E-state index contributed by atoms with van der Waals surface area (Å²) in [5.74, 6) is 2.12. The van der Waals surface area contributed by atoms with Gasteiger partial charge in [-0.15, -0.1) is 10.2 Å². The van der Waals surface area contributed by atoms with Gasteiger partial charge in [0.2, 0.25) is 0 Å². The highest BCUT2D eigenvalue weighted by atomic mass is 32.2. The van der Waals surface area contributed by atoms with Crippen molar-refractivity contribution in [3.63, 3.8) is 0 Å². The standard InChI is InChI=1S/C22H34N6S/c1-4-16(2)17-11-13-18(14-12-17)25-21(23)24-15-7-10-20-26-27-22(29-3)28(20)19-8-5-6-9-19/h11-14,16,19H,4-10,15H2,1-3H3,(H3,23,24,25). The molecule has 0 spiro atoms. The van der Waals surface area contributed by atoms with E-state index in [0.717, 1.165) is 35.9 Å². The number of hydrogen-bond acceptors (Lipinski definition) is 4. The third-order valence-corrected chi connectivity index (χ3v) is 6.46. The minimum Gasteiger partial charge on any atom is -0.370 e. The molecule has 158 valence electrons. The van der Waals surface area contributed by atoms with Gasteiger partial charge in [0.15, 0.2) is 11.1 Å². The molecule has 7 heteroatoms. The molecule has 0 radical (unpaired) electrons. The van der Waals surface area contributed by atoms with Crippen LogP contribution in [0.15, 0.2) is 34.4 Å². The first kappa shape index (κ1) is 21.7. The summed E-state index contributed by atoms with van der Waals surface area (Å²) in [6.45, 7) is 5.13. The molecule has 1 heterocycles. The van der Waals surface area contributed by atoms with E-state index in [-0.39, 0.29) is 0 Å². The monoisotopic (exact) mass is 414 g/mol. The van der Waals surface area contributed by atoms with E-state index in [0.29, 0.717) is 24.5 Å². The molecule has 29 heavy (non-hydrogen) atoms. The summed E-state index contributed by atoms with van der Waals surface area (Å²) >= 11 is 1.68. The van der Waals surface area contributed by atoms with Crippen molar-refractivity contribution in [1.29, 1.82) is 0 Å². The smallest absolute Gasteiger partial charge is 0.193 e. The molecular weight excluding hydrogens is 380 g/mol. The van der Waals surface area contributed by atoms with Gasteiger partial charge >= 0.3 is 0 Å². The number of hydrogen-bond donors (Lipinski definition) is 2. The molecule has 0 amide bonds. The molecule has 0 aliphatic heterocycles. The summed E-state index contributed by atoms with van der Waals surface area (Å²) in [7, 11) is 0. The Morgan fingerprint density at radius 1 is 1.28 bits per heavy atom. The Labute approximate surface area is 178 Å². The maximum Gasteiger partial charge on any atom is 0.193 e. The lowest BCUT2D eigenvalue weighted by Crippen LogP contribution is -2.23. The van der Waals surface area contributed by atoms with E-state index in [1.807, 2.05) is 0 Å². The van der Waals surface area contributed by atoms with Crippen LogP contribution in [0.3, 0.4) is 0 Å². The fourth-order valence-electron chi connectivity index (χ4n) is 3.90. The normalized spacial score (nSPS) is 16.3. The fourth-order valence-corrected chi connectivity index (χ4v) is 4.47. The first-order valence-corrected chi connectivity index (χ1v) is 12.0. The highest BCUT2D eigenvalue weighted by Crippen LogP contribution is 2.33. The molecule has 1 aromatic heterocycles. The summed E-state index contributed by atoms with van der Waals surface area (Å²) < 4.78 is 2.36. The quantitative estimate of drug-likeness (QED) is 0.261. The zero-order valence-electron chi connectivity index (χ0n) is 17.9. The third kappa shape index (κ3) is 5.75. The summed E-state index contributed by atoms with van der Waals surface area (Å²) in [6.07, 6.45) is 10.1. The van der Waals surface area contributed by atoms with Crippen molar-refractivity contribution in [3.8, 4) is 0 Å². The Morgan fingerprint density at radius 2 is 2.00 bits per heavy atom. The third-order valence-electron chi connectivity index (χ3n) is 5.81. The molecule has 1 saturated carbocycles. The Balaban J connectivity index is 1.50. The lowest BCUT2D eigenvalue weighted by Gasteiger charge is -2.16. The predicted octanol–water partition coefficient (Wildman–Crippen LogP) is 4.99. The molecule has 2 aromatic rings. The lowest BCUT2D eigenvalue weighted by atomic mass is 9.99. The SMILES string of the molecule is CCC(C)c1ccc(NC(N)=NCCCc2nnc(SC)n2C2CCCC2)cc1. The number of thioether (sulfide) groups is 1. The van der Waals surface area contributed by atoms with Gasteiger partial charge in [0.25, 0.3) is 0 Å². The minimum atomic E-state index is 0.461. The Hall–Kier alpha value is -2.02. The summed E-state index contributed by atoms with van der Waals surface area (Å²) in [5.41, 5.74) is 8.39. The van der Waals surface area contributed by atoms with Crippen LogP contribution in [0.1, 0.15) is 75.7 Å². The molecule has 1 unspecified atom stereocenters. The summed E-state index contributed by atoms with van der Waals surface area (Å²) in [5, 5.41) is 13.0. The number of aromatic nitrogens is 3. The molecule has 3 rings (SSSR count). The van der Waals surface area contributed by atoms with E-state index >= 15 is 0 Å². The van der Waals surface area contributed by atoms with Crippen LogP contribution in [0, 0.1) is 0 Å². The van der Waals surface area contributed by atoms with Gasteiger partial charge in [-0.25, -0.2) is 0 Å². The topological polar surface area (TPSA) is 81.1 Å². The molecular formula is C22H34N6S. The van der Waals surface area contributed by atoms with Crippen molar-refractivity contribution in [2.45, 2.75) is 75.9 Å². The van der Waals surface area contributed by atoms with E-state index in [9.17, 15) is 0 Å². The zero-order valence-corrected chi connectivity index (χ0v) is 18.7. The second-order valence-corrected chi connectivity index (χ2v) is 8.61. The number of aryl methyl sites for hydroxylation is 1. The van der Waals surface area contributed by atoms with Crippen LogP contribution in [-0.2, 0) is 6.42 Å². The van der Waals surface area contributed by atoms with E-state index in [4.69, 9.17) is 5.73 Å². The van der Waals surface area contributed by atoms with Crippen LogP contribution in [0.25, 0.3) is 0 Å². The van der Waals surface area contributed by atoms with Gasteiger partial charge in [-0.2, -0.15) is 0 Å². The van der Waals surface area contributed by atoms with Crippen LogP contribution >= 0.6 is 11.8 Å². The van der Waals surface area contributed by atoms with Gasteiger partial charge in [0, 0.05) is 24.7 Å². The molecule has 6 nitrogen and oxygen atoms in total. The average molecular weight is 415 g/mol. The van der Waals surface area contributed by atoms with Gasteiger partial charge in [-0.05, 0) is 55.6 Å². The second-order valence-electron chi connectivity index (χ2n) is 7.84. The molecule has 3 N–H and O–H groups in total. The number of nitrogens with zero attached hydrogens (tertiary/aromatic N) is 4. The molecule has 1 aliphatic rings. The van der Waals surface area contributed by atoms with Gasteiger partial charge in [0.05, 0.1) is 0 Å². The number of benzene rings is 1. The molecule has 1 fully saturated rings. The number of anilines is 1. The number of aliphatic imine (C=N–C) groups is 1. The first-order chi connectivity index (χ1) is 14.1. The van der Waals surface area contributed by atoms with Crippen LogP contribution in [-0.4, -0.2) is 33.5 Å². The summed E-state index contributed by atoms with van der Waals surface area (Å²) in [6, 6.07) is 9.01. The maximum atomic E-state index is 6.07. The number of rotatable bonds is 9. The zero-order chi connectivity index (χ0) is 20.6. The van der Waals surface area contributed by atoms with Gasteiger partial charge in [0.1, 0.15) is 5.82 Å². The second kappa shape index (κ2) is 10.7. The van der Waals surface area contributed by atoms with Gasteiger partial charge in [-0.1, -0.05) is 50.6 Å². The van der Waals surface area contributed by atoms with Crippen LogP contribution in [0.5, 0.6) is 0 Å². The lowest BCUT2D eigenvalue weighted by molar-refractivity contribution is 0.461. The highest BCUT2D eigenvalue weighted by Gasteiger charge is 2.23.